The zero-order chi connectivity index (χ0) is 32.4. The summed E-state index contributed by atoms with van der Waals surface area (Å²) in [5.41, 5.74) is 16.6. The monoisotopic (exact) mass is 614 g/mol. The largest absolute Gasteiger partial charge is 0.0642 e. The van der Waals surface area contributed by atoms with E-state index in [4.69, 9.17) is 0 Å². The molecular weight excluding hydrogens is 577 g/mol. The molecule has 0 bridgehead atoms. The first-order valence-electron chi connectivity index (χ1n) is 17.6. The van der Waals surface area contributed by atoms with Crippen LogP contribution in [0.5, 0.6) is 0 Å². The number of hydrogen-bond acceptors (Lipinski definition) is 0. The Morgan fingerprint density at radius 2 is 0.833 bits per heavy atom. The Labute approximate surface area is 283 Å². The van der Waals surface area contributed by atoms with Crippen LogP contribution in [-0.2, 0) is 10.8 Å². The van der Waals surface area contributed by atoms with E-state index in [1.165, 1.54) is 99.1 Å². The molecule has 10 rings (SSSR count). The van der Waals surface area contributed by atoms with Gasteiger partial charge in [0.15, 0.2) is 0 Å². The fourth-order valence-corrected chi connectivity index (χ4v) is 9.47. The molecule has 0 N–H and O–H groups in total. The van der Waals surface area contributed by atoms with Crippen LogP contribution in [0.25, 0.3) is 76.8 Å². The van der Waals surface area contributed by atoms with Crippen molar-refractivity contribution in [2.45, 2.75) is 51.4 Å². The SMILES string of the molecule is CCC1(C)c2ccccc2-c2ccc(-c3ccc4c(c3)C(C)(CC)c3cc(-c5ccc6ccc7cccc8ccc5c6c78)ccc3-4)cc21. The molecule has 48 heavy (non-hydrogen) atoms. The van der Waals surface area contributed by atoms with Crippen molar-refractivity contribution in [3.63, 3.8) is 0 Å². The second-order valence-electron chi connectivity index (χ2n) is 14.7. The van der Waals surface area contributed by atoms with Gasteiger partial charge in [0.1, 0.15) is 0 Å². The summed E-state index contributed by atoms with van der Waals surface area (Å²) in [7, 11) is 0. The molecule has 0 radical (unpaired) electrons. The lowest BCUT2D eigenvalue weighted by atomic mass is 9.76. The Kier molecular flexibility index (Phi) is 5.62. The van der Waals surface area contributed by atoms with Crippen molar-refractivity contribution >= 4 is 32.3 Å². The highest BCUT2D eigenvalue weighted by atomic mass is 14.4. The standard InChI is InChI=1S/C48H38/c1-5-47(3)41-13-8-7-12-36(41)37-22-18-32(26-42(37)47)33-19-23-38-39-24-20-34(28-44(39)48(4,6-2)43(38)27-33)35-21-16-31-15-14-29-10-9-11-30-17-25-40(35)46(31)45(29)30/h7-28H,5-6H2,1-4H3. The number of rotatable bonds is 4. The molecule has 0 nitrogen and oxygen atoms in total. The van der Waals surface area contributed by atoms with Gasteiger partial charge in [-0.25, -0.2) is 0 Å². The Morgan fingerprint density at radius 3 is 1.46 bits per heavy atom. The lowest BCUT2D eigenvalue weighted by molar-refractivity contribution is 0.564. The number of fused-ring (bicyclic) bond motifs is 6. The topological polar surface area (TPSA) is 0 Å². The summed E-state index contributed by atoms with van der Waals surface area (Å²) in [4.78, 5) is 0. The predicted molar refractivity (Wildman–Crippen MR) is 205 cm³/mol. The van der Waals surface area contributed by atoms with Gasteiger partial charge in [0.2, 0.25) is 0 Å². The van der Waals surface area contributed by atoms with Crippen LogP contribution in [0, 0.1) is 0 Å². The van der Waals surface area contributed by atoms with Crippen molar-refractivity contribution in [1.29, 1.82) is 0 Å². The fraction of sp³-hybridized carbons (Fsp3) is 0.167. The number of benzene rings is 8. The van der Waals surface area contributed by atoms with Crippen molar-refractivity contribution in [3.8, 4) is 44.5 Å². The minimum absolute atomic E-state index is 0.0361. The van der Waals surface area contributed by atoms with Gasteiger partial charge in [0.05, 0.1) is 0 Å². The molecule has 2 aliphatic rings. The highest BCUT2D eigenvalue weighted by Crippen LogP contribution is 2.54. The average molecular weight is 615 g/mol. The van der Waals surface area contributed by atoms with Crippen LogP contribution in [0.3, 0.4) is 0 Å². The van der Waals surface area contributed by atoms with Crippen LogP contribution >= 0.6 is 0 Å². The van der Waals surface area contributed by atoms with Gasteiger partial charge in [0, 0.05) is 10.8 Å². The van der Waals surface area contributed by atoms with Crippen molar-refractivity contribution in [3.05, 3.63) is 156 Å². The van der Waals surface area contributed by atoms with E-state index in [1.54, 1.807) is 0 Å². The zero-order valence-corrected chi connectivity index (χ0v) is 28.1. The highest BCUT2D eigenvalue weighted by molar-refractivity contribution is 6.25. The van der Waals surface area contributed by atoms with Crippen molar-refractivity contribution in [2.75, 3.05) is 0 Å². The van der Waals surface area contributed by atoms with Gasteiger partial charge in [0.25, 0.3) is 0 Å². The van der Waals surface area contributed by atoms with Crippen molar-refractivity contribution < 1.29 is 0 Å². The minimum Gasteiger partial charge on any atom is -0.0642 e. The summed E-state index contributed by atoms with van der Waals surface area (Å²) >= 11 is 0. The summed E-state index contributed by atoms with van der Waals surface area (Å²) in [5, 5.41) is 8.04. The van der Waals surface area contributed by atoms with Gasteiger partial charge in [-0.3, -0.25) is 0 Å². The summed E-state index contributed by atoms with van der Waals surface area (Å²) in [6.45, 7) is 9.57. The number of hydrogen-bond donors (Lipinski definition) is 0. The molecule has 0 spiro atoms. The van der Waals surface area contributed by atoms with E-state index in [-0.39, 0.29) is 10.8 Å². The van der Waals surface area contributed by atoms with Crippen molar-refractivity contribution in [1.82, 2.24) is 0 Å². The van der Waals surface area contributed by atoms with E-state index in [0.29, 0.717) is 0 Å². The zero-order valence-electron chi connectivity index (χ0n) is 28.1. The molecule has 0 amide bonds. The van der Waals surface area contributed by atoms with Gasteiger partial charge in [-0.15, -0.1) is 0 Å². The molecule has 8 aromatic carbocycles. The van der Waals surface area contributed by atoms with Crippen LogP contribution in [0.1, 0.15) is 62.8 Å². The molecule has 2 aliphatic carbocycles. The third-order valence-electron chi connectivity index (χ3n) is 12.5. The van der Waals surface area contributed by atoms with Gasteiger partial charge >= 0.3 is 0 Å². The molecule has 0 aliphatic heterocycles. The second-order valence-corrected chi connectivity index (χ2v) is 14.7. The van der Waals surface area contributed by atoms with E-state index in [0.717, 1.165) is 12.8 Å². The third-order valence-corrected chi connectivity index (χ3v) is 12.5. The lowest BCUT2D eigenvalue weighted by Crippen LogP contribution is -2.19. The Bertz CT molecular complexity index is 2600. The molecule has 230 valence electrons. The molecule has 8 aromatic rings. The van der Waals surface area contributed by atoms with Crippen LogP contribution in [-0.4, -0.2) is 0 Å². The summed E-state index contributed by atoms with van der Waals surface area (Å²) < 4.78 is 0. The molecule has 0 saturated heterocycles. The molecule has 0 aromatic heterocycles. The van der Waals surface area contributed by atoms with Crippen LogP contribution < -0.4 is 0 Å². The van der Waals surface area contributed by atoms with E-state index in [2.05, 4.69) is 161 Å². The van der Waals surface area contributed by atoms with Gasteiger partial charge in [-0.2, -0.15) is 0 Å². The summed E-state index contributed by atoms with van der Waals surface area (Å²) in [6, 6.07) is 51.2. The third kappa shape index (κ3) is 3.50. The molecule has 0 heteroatoms. The molecule has 0 heterocycles. The summed E-state index contributed by atoms with van der Waals surface area (Å²) in [5.74, 6) is 0. The maximum absolute atomic E-state index is 2.50. The molecular formula is C48H38. The second kappa shape index (κ2) is 9.68. The maximum Gasteiger partial charge on any atom is 0.0184 e. The average Bonchev–Trinajstić information content (AvgIpc) is 3.55. The Morgan fingerprint density at radius 1 is 0.375 bits per heavy atom. The minimum atomic E-state index is -0.0641. The van der Waals surface area contributed by atoms with E-state index >= 15 is 0 Å². The molecule has 2 atom stereocenters. The molecule has 0 saturated carbocycles. The lowest BCUT2D eigenvalue weighted by Gasteiger charge is -2.27. The first kappa shape index (κ1) is 27.9. The van der Waals surface area contributed by atoms with E-state index in [1.807, 2.05) is 0 Å². The van der Waals surface area contributed by atoms with Gasteiger partial charge < -0.3 is 0 Å². The highest BCUT2D eigenvalue weighted by Gasteiger charge is 2.40. The predicted octanol–water partition coefficient (Wildman–Crippen LogP) is 13.3. The quantitative estimate of drug-likeness (QED) is 0.173. The molecule has 2 unspecified atom stereocenters. The van der Waals surface area contributed by atoms with Gasteiger partial charge in [-0.1, -0.05) is 143 Å². The molecule has 0 fully saturated rings. The van der Waals surface area contributed by atoms with Gasteiger partial charge in [-0.05, 0) is 130 Å². The van der Waals surface area contributed by atoms with E-state index < -0.39 is 0 Å². The smallest absolute Gasteiger partial charge is 0.0184 e. The first-order valence-corrected chi connectivity index (χ1v) is 17.6. The summed E-state index contributed by atoms with van der Waals surface area (Å²) in [6.07, 6.45) is 2.13. The normalized spacial score (nSPS) is 19.2. The van der Waals surface area contributed by atoms with Crippen LogP contribution in [0.4, 0.5) is 0 Å². The fourth-order valence-electron chi connectivity index (χ4n) is 9.47. The first-order chi connectivity index (χ1) is 23.4. The van der Waals surface area contributed by atoms with Crippen LogP contribution in [0.15, 0.2) is 133 Å². The Hall–Kier alpha value is -5.20. The van der Waals surface area contributed by atoms with Crippen molar-refractivity contribution in [2.24, 2.45) is 0 Å². The maximum atomic E-state index is 2.50. The van der Waals surface area contributed by atoms with Crippen LogP contribution in [0.2, 0.25) is 0 Å². The van der Waals surface area contributed by atoms with E-state index in [9.17, 15) is 0 Å². The Balaban J connectivity index is 1.10.